The van der Waals surface area contributed by atoms with E-state index in [0.29, 0.717) is 29.3 Å². The van der Waals surface area contributed by atoms with E-state index in [4.69, 9.17) is 0 Å². The molecule has 1 aliphatic rings. The molecule has 1 aromatic heterocycles. The molecule has 3 rings (SSSR count). The summed E-state index contributed by atoms with van der Waals surface area (Å²) in [5.41, 5.74) is 1.20. The molecule has 2 aromatic rings. The molecule has 9 heteroatoms. The first-order valence-electron chi connectivity index (χ1n) is 8.38. The maximum Gasteiger partial charge on any atom is 0.272 e. The summed E-state index contributed by atoms with van der Waals surface area (Å²) in [5.74, 6) is 0.487. The van der Waals surface area contributed by atoms with Gasteiger partial charge in [-0.15, -0.1) is 0 Å². The molecule has 1 aromatic carbocycles. The third-order valence-electron chi connectivity index (χ3n) is 4.44. The smallest absolute Gasteiger partial charge is 0.272 e. The second-order valence-corrected chi connectivity index (χ2v) is 8.67. The van der Waals surface area contributed by atoms with Crippen LogP contribution in [0, 0.1) is 18.3 Å². The normalized spacial score (nSPS) is 17.9. The van der Waals surface area contributed by atoms with Crippen LogP contribution in [-0.2, 0) is 9.84 Å². The monoisotopic (exact) mass is 385 g/mol. The number of nitrogens with zero attached hydrogens (tertiary/aromatic N) is 4. The van der Waals surface area contributed by atoms with E-state index in [2.05, 4.69) is 21.4 Å². The fourth-order valence-corrected chi connectivity index (χ4v) is 4.77. The van der Waals surface area contributed by atoms with Gasteiger partial charge in [-0.25, -0.2) is 18.4 Å². The third-order valence-corrected chi connectivity index (χ3v) is 6.19. The molecule has 0 spiro atoms. The van der Waals surface area contributed by atoms with Crippen LogP contribution in [0.5, 0.6) is 0 Å². The van der Waals surface area contributed by atoms with Gasteiger partial charge in [-0.2, -0.15) is 5.26 Å². The second-order valence-electron chi connectivity index (χ2n) is 6.44. The predicted molar refractivity (Wildman–Crippen MR) is 100 cm³/mol. The summed E-state index contributed by atoms with van der Waals surface area (Å²) >= 11 is 0. The number of sulfone groups is 1. The van der Waals surface area contributed by atoms with Crippen LogP contribution >= 0.6 is 0 Å². The average Bonchev–Trinajstić information content (AvgIpc) is 3.00. The summed E-state index contributed by atoms with van der Waals surface area (Å²) in [6, 6.07) is 10.2. The first-order valence-corrected chi connectivity index (χ1v) is 10.2. The van der Waals surface area contributed by atoms with E-state index in [9.17, 15) is 18.5 Å². The quantitative estimate of drug-likeness (QED) is 0.851. The average molecular weight is 385 g/mol. The number of carbonyl (C=O) groups excluding carboxylic acids is 1. The number of hydrogen-bond acceptors (Lipinski definition) is 7. The largest absolute Gasteiger partial charge is 0.339 e. The lowest BCUT2D eigenvalue weighted by atomic mass is 10.2. The maximum atomic E-state index is 12.8. The number of rotatable bonds is 4. The van der Waals surface area contributed by atoms with Crippen LogP contribution in [0.15, 0.2) is 30.3 Å². The van der Waals surface area contributed by atoms with Crippen LogP contribution in [0.25, 0.3) is 0 Å². The van der Waals surface area contributed by atoms with Crippen molar-refractivity contribution in [1.82, 2.24) is 14.9 Å². The van der Waals surface area contributed by atoms with Crippen molar-refractivity contribution in [2.24, 2.45) is 0 Å². The molecule has 0 saturated carbocycles. The van der Waals surface area contributed by atoms with Crippen LogP contribution in [0.4, 0.5) is 11.5 Å². The SMILES string of the molecule is Cc1nc(Nc2ccccc2C#N)cc(C(=O)N(C)C2CCS(=O)(=O)C2)n1. The van der Waals surface area contributed by atoms with E-state index < -0.39 is 9.84 Å². The molecule has 140 valence electrons. The van der Waals surface area contributed by atoms with Gasteiger partial charge in [-0.3, -0.25) is 4.79 Å². The lowest BCUT2D eigenvalue weighted by molar-refractivity contribution is 0.0741. The minimum absolute atomic E-state index is 0.0278. The zero-order valence-corrected chi connectivity index (χ0v) is 15.8. The molecule has 0 bridgehead atoms. The number of nitrogens with one attached hydrogen (secondary N) is 1. The van der Waals surface area contributed by atoms with E-state index in [-0.39, 0.29) is 29.1 Å². The highest BCUT2D eigenvalue weighted by Gasteiger charge is 2.33. The highest BCUT2D eigenvalue weighted by Crippen LogP contribution is 2.21. The summed E-state index contributed by atoms with van der Waals surface area (Å²) in [6.45, 7) is 1.66. The van der Waals surface area contributed by atoms with E-state index in [1.807, 2.05) is 0 Å². The number of anilines is 2. The molecular weight excluding hydrogens is 366 g/mol. The molecule has 1 unspecified atom stereocenters. The van der Waals surface area contributed by atoms with Crippen molar-refractivity contribution >= 4 is 27.2 Å². The number of benzene rings is 1. The summed E-state index contributed by atoms with van der Waals surface area (Å²) in [4.78, 5) is 22.7. The number of carbonyl (C=O) groups is 1. The molecule has 1 fully saturated rings. The van der Waals surface area contributed by atoms with Crippen molar-refractivity contribution in [2.45, 2.75) is 19.4 Å². The lowest BCUT2D eigenvalue weighted by Gasteiger charge is -2.23. The lowest BCUT2D eigenvalue weighted by Crippen LogP contribution is -2.38. The van der Waals surface area contributed by atoms with Crippen molar-refractivity contribution in [2.75, 3.05) is 23.9 Å². The van der Waals surface area contributed by atoms with Gasteiger partial charge in [0.15, 0.2) is 9.84 Å². The van der Waals surface area contributed by atoms with Gasteiger partial charge in [-0.05, 0) is 25.5 Å². The minimum atomic E-state index is -3.09. The van der Waals surface area contributed by atoms with Crippen molar-refractivity contribution < 1.29 is 13.2 Å². The Bertz CT molecular complexity index is 1030. The Morgan fingerprint density at radius 2 is 2.07 bits per heavy atom. The number of amides is 1. The zero-order chi connectivity index (χ0) is 19.6. The molecule has 1 atom stereocenters. The summed E-state index contributed by atoms with van der Waals surface area (Å²) in [5, 5.41) is 12.2. The predicted octanol–water partition coefficient (Wildman–Crippen LogP) is 1.66. The Morgan fingerprint density at radius 1 is 1.33 bits per heavy atom. The van der Waals surface area contributed by atoms with E-state index in [0.717, 1.165) is 0 Å². The molecule has 0 radical (unpaired) electrons. The van der Waals surface area contributed by atoms with Crippen LogP contribution < -0.4 is 5.32 Å². The Hall–Kier alpha value is -2.99. The Balaban J connectivity index is 1.85. The van der Waals surface area contributed by atoms with Gasteiger partial charge >= 0.3 is 0 Å². The first-order chi connectivity index (χ1) is 12.8. The summed E-state index contributed by atoms with van der Waals surface area (Å²) < 4.78 is 23.4. The molecule has 1 saturated heterocycles. The summed E-state index contributed by atoms with van der Waals surface area (Å²) in [6.07, 6.45) is 0.426. The van der Waals surface area contributed by atoms with E-state index in [1.165, 1.54) is 11.0 Å². The van der Waals surface area contributed by atoms with E-state index in [1.54, 1.807) is 38.2 Å². The zero-order valence-electron chi connectivity index (χ0n) is 15.0. The molecule has 1 amide bonds. The van der Waals surface area contributed by atoms with Gasteiger partial charge in [0.05, 0.1) is 22.8 Å². The number of aromatic nitrogens is 2. The third kappa shape index (κ3) is 4.23. The molecular formula is C18H19N5O3S. The highest BCUT2D eigenvalue weighted by atomic mass is 32.2. The van der Waals surface area contributed by atoms with Crippen LogP contribution in [0.3, 0.4) is 0 Å². The molecule has 1 N–H and O–H groups in total. The maximum absolute atomic E-state index is 12.8. The van der Waals surface area contributed by atoms with Crippen molar-refractivity contribution in [3.05, 3.63) is 47.4 Å². The molecule has 0 aliphatic carbocycles. The van der Waals surface area contributed by atoms with Gasteiger partial charge in [0.2, 0.25) is 0 Å². The Morgan fingerprint density at radius 3 is 2.74 bits per heavy atom. The number of aryl methyl sites for hydroxylation is 1. The molecule has 1 aliphatic heterocycles. The van der Waals surface area contributed by atoms with Crippen molar-refractivity contribution in [3.8, 4) is 6.07 Å². The Labute approximate surface area is 157 Å². The van der Waals surface area contributed by atoms with Gasteiger partial charge in [0.1, 0.15) is 23.4 Å². The van der Waals surface area contributed by atoms with Crippen LogP contribution in [0.2, 0.25) is 0 Å². The number of nitriles is 1. The van der Waals surface area contributed by atoms with Crippen LogP contribution in [-0.4, -0.2) is 53.8 Å². The van der Waals surface area contributed by atoms with Crippen LogP contribution in [0.1, 0.15) is 28.3 Å². The molecule has 8 nitrogen and oxygen atoms in total. The molecule has 27 heavy (non-hydrogen) atoms. The van der Waals surface area contributed by atoms with Gasteiger partial charge in [0.25, 0.3) is 5.91 Å². The fourth-order valence-electron chi connectivity index (χ4n) is 3.00. The minimum Gasteiger partial charge on any atom is -0.339 e. The van der Waals surface area contributed by atoms with Crippen molar-refractivity contribution in [1.29, 1.82) is 5.26 Å². The summed E-state index contributed by atoms with van der Waals surface area (Å²) in [7, 11) is -1.50. The Kier molecular flexibility index (Phi) is 5.10. The van der Waals surface area contributed by atoms with Crippen molar-refractivity contribution in [3.63, 3.8) is 0 Å². The van der Waals surface area contributed by atoms with Gasteiger partial charge < -0.3 is 10.2 Å². The molecule has 2 heterocycles. The first kappa shape index (κ1) is 18.8. The van der Waals surface area contributed by atoms with Gasteiger partial charge in [-0.1, -0.05) is 12.1 Å². The second kappa shape index (κ2) is 7.32. The van der Waals surface area contributed by atoms with E-state index >= 15 is 0 Å². The topological polar surface area (TPSA) is 116 Å². The standard InChI is InChI=1S/C18H19N5O3S/c1-12-20-16(18(24)23(2)14-7-8-27(25,26)11-14)9-17(21-12)22-15-6-4-3-5-13(15)10-19/h3-6,9,14H,7-8,11H2,1-2H3,(H,20,21,22). The fraction of sp³-hybridized carbons (Fsp3) is 0.333. The number of para-hydroxylation sites is 1. The van der Waals surface area contributed by atoms with Gasteiger partial charge in [0, 0.05) is 19.2 Å². The highest BCUT2D eigenvalue weighted by molar-refractivity contribution is 7.91. The number of hydrogen-bond donors (Lipinski definition) is 1.